The van der Waals surface area contributed by atoms with Crippen molar-refractivity contribution in [2.24, 2.45) is 5.11 Å². The second-order valence-electron chi connectivity index (χ2n) is 2.61. The SMILES string of the molecule is CC(N=[N+]=[N-])Oc1ccc(C=O)cc1. The molecule has 14 heavy (non-hydrogen) atoms. The molecule has 0 spiro atoms. The Bertz CT molecular complexity index is 355. The first-order chi connectivity index (χ1) is 6.76. The molecule has 0 amide bonds. The minimum Gasteiger partial charge on any atom is -0.485 e. The monoisotopic (exact) mass is 191 g/mol. The van der Waals surface area contributed by atoms with Crippen LogP contribution < -0.4 is 4.74 Å². The molecular weight excluding hydrogens is 182 g/mol. The lowest BCUT2D eigenvalue weighted by Crippen LogP contribution is -2.06. The number of carbonyl (C=O) groups is 1. The fraction of sp³-hybridized carbons (Fsp3) is 0.222. The van der Waals surface area contributed by atoms with Gasteiger partial charge in [0.05, 0.1) is 0 Å². The highest BCUT2D eigenvalue weighted by molar-refractivity contribution is 5.74. The van der Waals surface area contributed by atoms with Gasteiger partial charge in [0, 0.05) is 10.5 Å². The molecule has 0 fully saturated rings. The molecule has 0 aliphatic carbocycles. The predicted octanol–water partition coefficient (Wildman–Crippen LogP) is 2.53. The summed E-state index contributed by atoms with van der Waals surface area (Å²) in [6, 6.07) is 6.55. The van der Waals surface area contributed by atoms with Crippen molar-refractivity contribution in [3.8, 4) is 5.75 Å². The normalized spacial score (nSPS) is 11.2. The molecule has 0 heterocycles. The first kappa shape index (κ1) is 10.1. The van der Waals surface area contributed by atoms with Crippen LogP contribution in [0.5, 0.6) is 5.75 Å². The topological polar surface area (TPSA) is 75.1 Å². The van der Waals surface area contributed by atoms with Crippen LogP contribution in [0, 0.1) is 0 Å². The van der Waals surface area contributed by atoms with Crippen LogP contribution in [0.15, 0.2) is 29.4 Å². The molecule has 0 saturated carbocycles. The van der Waals surface area contributed by atoms with E-state index in [0.29, 0.717) is 11.3 Å². The van der Waals surface area contributed by atoms with Crippen molar-refractivity contribution in [3.63, 3.8) is 0 Å². The fourth-order valence-corrected chi connectivity index (χ4v) is 0.918. The van der Waals surface area contributed by atoms with Gasteiger partial charge in [0.1, 0.15) is 12.0 Å². The van der Waals surface area contributed by atoms with Gasteiger partial charge in [0.15, 0.2) is 6.23 Å². The summed E-state index contributed by atoms with van der Waals surface area (Å²) in [4.78, 5) is 12.9. The number of ether oxygens (including phenoxy) is 1. The minimum absolute atomic E-state index is 0.554. The summed E-state index contributed by atoms with van der Waals surface area (Å²) in [7, 11) is 0. The van der Waals surface area contributed by atoms with Crippen molar-refractivity contribution in [1.29, 1.82) is 0 Å². The van der Waals surface area contributed by atoms with E-state index in [4.69, 9.17) is 10.3 Å². The summed E-state index contributed by atoms with van der Waals surface area (Å²) < 4.78 is 5.22. The van der Waals surface area contributed by atoms with E-state index in [-0.39, 0.29) is 0 Å². The standard InChI is InChI=1S/C9H9N3O2/c1-7(11-12-10)14-9-4-2-8(6-13)3-5-9/h2-7H,1H3. The number of nitrogens with zero attached hydrogens (tertiary/aromatic N) is 3. The van der Waals surface area contributed by atoms with Gasteiger partial charge in [-0.2, -0.15) is 0 Å². The molecule has 0 aliphatic rings. The average molecular weight is 191 g/mol. The molecule has 5 heteroatoms. The Morgan fingerprint density at radius 3 is 2.64 bits per heavy atom. The van der Waals surface area contributed by atoms with Crippen LogP contribution in [0.2, 0.25) is 0 Å². The van der Waals surface area contributed by atoms with Crippen LogP contribution in [0.25, 0.3) is 10.4 Å². The van der Waals surface area contributed by atoms with Gasteiger partial charge in [0.2, 0.25) is 0 Å². The lowest BCUT2D eigenvalue weighted by atomic mass is 10.2. The van der Waals surface area contributed by atoms with Crippen LogP contribution in [-0.4, -0.2) is 12.5 Å². The Hall–Kier alpha value is -2.00. The van der Waals surface area contributed by atoms with E-state index in [0.717, 1.165) is 6.29 Å². The molecule has 1 aromatic rings. The minimum atomic E-state index is -0.554. The van der Waals surface area contributed by atoms with E-state index < -0.39 is 6.23 Å². The number of rotatable bonds is 4. The van der Waals surface area contributed by atoms with Gasteiger partial charge < -0.3 is 4.74 Å². The van der Waals surface area contributed by atoms with Crippen LogP contribution in [0.3, 0.4) is 0 Å². The zero-order valence-electron chi connectivity index (χ0n) is 7.62. The smallest absolute Gasteiger partial charge is 0.174 e. The molecule has 0 radical (unpaired) electrons. The van der Waals surface area contributed by atoms with Gasteiger partial charge >= 0.3 is 0 Å². The van der Waals surface area contributed by atoms with Crippen LogP contribution in [0.1, 0.15) is 17.3 Å². The summed E-state index contributed by atoms with van der Waals surface area (Å²) in [6.45, 7) is 1.63. The van der Waals surface area contributed by atoms with Crippen LogP contribution >= 0.6 is 0 Å². The third-order valence-corrected chi connectivity index (χ3v) is 1.54. The molecular formula is C9H9N3O2. The lowest BCUT2D eigenvalue weighted by Gasteiger charge is -2.08. The first-order valence-corrected chi connectivity index (χ1v) is 4.02. The summed E-state index contributed by atoms with van der Waals surface area (Å²) in [5.74, 6) is 0.565. The molecule has 0 bridgehead atoms. The van der Waals surface area contributed by atoms with E-state index in [1.54, 1.807) is 31.2 Å². The Balaban J connectivity index is 2.68. The first-order valence-electron chi connectivity index (χ1n) is 4.02. The highest BCUT2D eigenvalue weighted by atomic mass is 16.5. The maximum Gasteiger partial charge on any atom is 0.174 e. The maximum atomic E-state index is 10.3. The number of hydrogen-bond donors (Lipinski definition) is 0. The van der Waals surface area contributed by atoms with Crippen molar-refractivity contribution < 1.29 is 9.53 Å². The highest BCUT2D eigenvalue weighted by Crippen LogP contribution is 2.13. The molecule has 1 rings (SSSR count). The van der Waals surface area contributed by atoms with Gasteiger partial charge in [-0.15, -0.1) is 0 Å². The Labute approximate surface area is 80.9 Å². The fourth-order valence-electron chi connectivity index (χ4n) is 0.918. The zero-order valence-corrected chi connectivity index (χ0v) is 7.62. The third-order valence-electron chi connectivity index (χ3n) is 1.54. The van der Waals surface area contributed by atoms with E-state index >= 15 is 0 Å². The molecule has 1 atom stereocenters. The molecule has 0 N–H and O–H groups in total. The number of benzene rings is 1. The molecule has 1 aromatic carbocycles. The van der Waals surface area contributed by atoms with Crippen LogP contribution in [-0.2, 0) is 0 Å². The van der Waals surface area contributed by atoms with Crippen molar-refractivity contribution >= 4 is 6.29 Å². The summed E-state index contributed by atoms with van der Waals surface area (Å²) in [5, 5.41) is 3.35. The van der Waals surface area contributed by atoms with E-state index in [1.807, 2.05) is 0 Å². The van der Waals surface area contributed by atoms with Crippen LogP contribution in [0.4, 0.5) is 0 Å². The molecule has 0 saturated heterocycles. The van der Waals surface area contributed by atoms with Crippen molar-refractivity contribution in [1.82, 2.24) is 0 Å². The quantitative estimate of drug-likeness (QED) is 0.317. The zero-order chi connectivity index (χ0) is 10.4. The number of carbonyl (C=O) groups excluding carboxylic acids is 1. The average Bonchev–Trinajstić information content (AvgIpc) is 2.19. The second-order valence-corrected chi connectivity index (χ2v) is 2.61. The Kier molecular flexibility index (Phi) is 3.52. The van der Waals surface area contributed by atoms with E-state index in [2.05, 4.69) is 10.0 Å². The van der Waals surface area contributed by atoms with Crippen molar-refractivity contribution in [2.45, 2.75) is 13.2 Å². The molecule has 1 unspecified atom stereocenters. The largest absolute Gasteiger partial charge is 0.485 e. The predicted molar refractivity (Wildman–Crippen MR) is 51.1 cm³/mol. The molecule has 72 valence electrons. The molecule has 5 nitrogen and oxygen atoms in total. The van der Waals surface area contributed by atoms with Gasteiger partial charge in [-0.1, -0.05) is 5.11 Å². The number of aldehydes is 1. The third kappa shape index (κ3) is 2.80. The van der Waals surface area contributed by atoms with Gasteiger partial charge in [-0.05, 0) is 36.7 Å². The molecule has 0 aromatic heterocycles. The summed E-state index contributed by atoms with van der Waals surface area (Å²) in [6.07, 6.45) is 0.197. The maximum absolute atomic E-state index is 10.3. The van der Waals surface area contributed by atoms with E-state index in [1.165, 1.54) is 0 Å². The number of hydrogen-bond acceptors (Lipinski definition) is 3. The van der Waals surface area contributed by atoms with E-state index in [9.17, 15) is 4.79 Å². The lowest BCUT2D eigenvalue weighted by molar-refractivity contribution is 0.112. The molecule has 0 aliphatic heterocycles. The second kappa shape index (κ2) is 4.89. The van der Waals surface area contributed by atoms with Crippen molar-refractivity contribution in [3.05, 3.63) is 40.3 Å². The highest BCUT2D eigenvalue weighted by Gasteiger charge is 1.99. The van der Waals surface area contributed by atoms with Gasteiger partial charge in [-0.3, -0.25) is 4.79 Å². The Morgan fingerprint density at radius 2 is 2.14 bits per heavy atom. The summed E-state index contributed by atoms with van der Waals surface area (Å²) >= 11 is 0. The van der Waals surface area contributed by atoms with Gasteiger partial charge in [0.25, 0.3) is 0 Å². The summed E-state index contributed by atoms with van der Waals surface area (Å²) in [5.41, 5.74) is 8.71. The van der Waals surface area contributed by atoms with Gasteiger partial charge in [-0.25, -0.2) is 0 Å². The number of azide groups is 1. The van der Waals surface area contributed by atoms with Crippen molar-refractivity contribution in [2.75, 3.05) is 0 Å². The Morgan fingerprint density at radius 1 is 1.50 bits per heavy atom.